The maximum absolute atomic E-state index is 9.97. The second-order valence-corrected chi connectivity index (χ2v) is 9.12. The van der Waals surface area contributed by atoms with Crippen LogP contribution in [0.15, 0.2) is 28.8 Å². The third kappa shape index (κ3) is 6.29. The Labute approximate surface area is 210 Å². The maximum Gasteiger partial charge on any atom is 0.162 e. The number of hydrogen-bond acceptors (Lipinski definition) is 9. The van der Waals surface area contributed by atoms with Gasteiger partial charge in [0, 0.05) is 31.9 Å². The predicted molar refractivity (Wildman–Crippen MR) is 135 cm³/mol. The standard InChI is InChI=1S/C25H32ClN5O4/c1-15-21(16(2)35-31-15)23-22(26)25(28-12-17-7-9-33-10-8-17)30-24(29-23)18-5-4-6-20(11-18)34-14-19(32)13-27-3/h4-6,11,17,19,27,32H,7-10,12-14H2,1-3H3,(H,28,29,30). The molecule has 3 aromatic rings. The fourth-order valence-corrected chi connectivity index (χ4v) is 4.33. The van der Waals surface area contributed by atoms with Gasteiger partial charge in [-0.05, 0) is 51.8 Å². The van der Waals surface area contributed by atoms with E-state index in [1.54, 1.807) is 7.05 Å². The van der Waals surface area contributed by atoms with E-state index in [0.717, 1.165) is 43.7 Å². The van der Waals surface area contributed by atoms with Crippen LogP contribution in [0.4, 0.5) is 5.82 Å². The van der Waals surface area contributed by atoms with E-state index in [9.17, 15) is 5.11 Å². The van der Waals surface area contributed by atoms with Crippen molar-refractivity contribution in [1.29, 1.82) is 0 Å². The van der Waals surface area contributed by atoms with Gasteiger partial charge in [-0.15, -0.1) is 0 Å². The van der Waals surface area contributed by atoms with E-state index in [2.05, 4.69) is 15.8 Å². The predicted octanol–water partition coefficient (Wildman–Crippen LogP) is 3.87. The first-order valence-electron chi connectivity index (χ1n) is 11.8. The number of hydrogen-bond donors (Lipinski definition) is 3. The molecular weight excluding hydrogens is 470 g/mol. The van der Waals surface area contributed by atoms with Crippen LogP contribution in [0.5, 0.6) is 5.75 Å². The normalized spacial score (nSPS) is 15.2. The lowest BCUT2D eigenvalue weighted by molar-refractivity contribution is 0.0699. The van der Waals surface area contributed by atoms with E-state index in [4.69, 9.17) is 35.6 Å². The van der Waals surface area contributed by atoms with Crippen LogP contribution in [0, 0.1) is 19.8 Å². The zero-order chi connectivity index (χ0) is 24.8. The average molecular weight is 502 g/mol. The Kier molecular flexibility index (Phi) is 8.56. The molecule has 2 aromatic heterocycles. The van der Waals surface area contributed by atoms with Crippen molar-refractivity contribution in [1.82, 2.24) is 20.4 Å². The highest BCUT2D eigenvalue weighted by molar-refractivity contribution is 6.35. The van der Waals surface area contributed by atoms with Crippen LogP contribution in [0.25, 0.3) is 22.6 Å². The molecule has 0 aliphatic carbocycles. The quantitative estimate of drug-likeness (QED) is 0.381. The number of aromatic nitrogens is 3. The molecule has 1 atom stereocenters. The molecule has 1 aliphatic heterocycles. The molecular formula is C25H32ClN5O4. The molecule has 0 amide bonds. The lowest BCUT2D eigenvalue weighted by Crippen LogP contribution is -2.29. The largest absolute Gasteiger partial charge is 0.491 e. The summed E-state index contributed by atoms with van der Waals surface area (Å²) in [4.78, 5) is 9.58. The number of ether oxygens (including phenoxy) is 2. The lowest BCUT2D eigenvalue weighted by atomic mass is 10.0. The summed E-state index contributed by atoms with van der Waals surface area (Å²) in [7, 11) is 1.78. The van der Waals surface area contributed by atoms with E-state index in [-0.39, 0.29) is 6.61 Å². The van der Waals surface area contributed by atoms with Crippen LogP contribution in [0.1, 0.15) is 24.3 Å². The van der Waals surface area contributed by atoms with Crippen molar-refractivity contribution >= 4 is 17.4 Å². The number of benzene rings is 1. The smallest absolute Gasteiger partial charge is 0.162 e. The van der Waals surface area contributed by atoms with E-state index in [1.807, 2.05) is 38.1 Å². The second kappa shape index (κ2) is 11.8. The molecule has 0 bridgehead atoms. The van der Waals surface area contributed by atoms with E-state index < -0.39 is 6.10 Å². The average Bonchev–Trinajstić information content (AvgIpc) is 3.20. The van der Waals surface area contributed by atoms with E-state index in [0.29, 0.717) is 52.0 Å². The van der Waals surface area contributed by atoms with Gasteiger partial charge in [0.15, 0.2) is 5.82 Å². The number of rotatable bonds is 10. The highest BCUT2D eigenvalue weighted by Gasteiger charge is 2.22. The second-order valence-electron chi connectivity index (χ2n) is 8.74. The highest BCUT2D eigenvalue weighted by Crippen LogP contribution is 2.37. The van der Waals surface area contributed by atoms with Crippen molar-refractivity contribution < 1.29 is 19.1 Å². The zero-order valence-electron chi connectivity index (χ0n) is 20.3. The first kappa shape index (κ1) is 25.4. The molecule has 188 valence electrons. The summed E-state index contributed by atoms with van der Waals surface area (Å²) in [5, 5.41) is 20.8. The van der Waals surface area contributed by atoms with Gasteiger partial charge in [0.1, 0.15) is 40.8 Å². The third-order valence-electron chi connectivity index (χ3n) is 5.99. The molecule has 1 fully saturated rings. The number of nitrogens with one attached hydrogen (secondary N) is 2. The van der Waals surface area contributed by atoms with Gasteiger partial charge in [0.25, 0.3) is 0 Å². The van der Waals surface area contributed by atoms with Gasteiger partial charge in [-0.1, -0.05) is 28.9 Å². The van der Waals surface area contributed by atoms with Gasteiger partial charge in [-0.25, -0.2) is 9.97 Å². The SMILES string of the molecule is CNCC(O)COc1cccc(-c2nc(NCC3CCOCC3)c(Cl)c(-c3c(C)noc3C)n2)c1. The van der Waals surface area contributed by atoms with Crippen LogP contribution in [-0.4, -0.2) is 66.3 Å². The molecule has 0 saturated carbocycles. The Balaban J connectivity index is 1.67. The molecule has 1 aromatic carbocycles. The number of nitrogens with zero attached hydrogens (tertiary/aromatic N) is 3. The Morgan fingerprint density at radius 3 is 2.74 bits per heavy atom. The van der Waals surface area contributed by atoms with Crippen molar-refractivity contribution in [3.63, 3.8) is 0 Å². The Morgan fingerprint density at radius 2 is 2.03 bits per heavy atom. The molecule has 35 heavy (non-hydrogen) atoms. The van der Waals surface area contributed by atoms with Gasteiger partial charge in [0.2, 0.25) is 0 Å². The van der Waals surface area contributed by atoms with Gasteiger partial charge in [-0.3, -0.25) is 0 Å². The molecule has 9 nitrogen and oxygen atoms in total. The van der Waals surface area contributed by atoms with Crippen molar-refractivity contribution in [3.05, 3.63) is 40.7 Å². The Bertz CT molecular complexity index is 1110. The molecule has 1 aliphatic rings. The summed E-state index contributed by atoms with van der Waals surface area (Å²) in [6, 6.07) is 7.48. The maximum atomic E-state index is 9.97. The molecule has 1 saturated heterocycles. The van der Waals surface area contributed by atoms with Crippen molar-refractivity contribution in [3.8, 4) is 28.4 Å². The first-order valence-corrected chi connectivity index (χ1v) is 12.2. The number of halogens is 1. The summed E-state index contributed by atoms with van der Waals surface area (Å²) >= 11 is 6.83. The molecule has 1 unspecified atom stereocenters. The molecule has 3 heterocycles. The minimum atomic E-state index is -0.609. The van der Waals surface area contributed by atoms with Gasteiger partial charge in [0.05, 0.1) is 11.3 Å². The van der Waals surface area contributed by atoms with Crippen LogP contribution in [0.3, 0.4) is 0 Å². The summed E-state index contributed by atoms with van der Waals surface area (Å²) < 4.78 is 16.6. The van der Waals surface area contributed by atoms with Crippen molar-refractivity contribution in [2.24, 2.45) is 5.92 Å². The fraction of sp³-hybridized carbons (Fsp3) is 0.480. The topological polar surface area (TPSA) is 115 Å². The van der Waals surface area contributed by atoms with Crippen LogP contribution in [0.2, 0.25) is 5.02 Å². The summed E-state index contributed by atoms with van der Waals surface area (Å²) in [5.74, 6) is 2.81. The van der Waals surface area contributed by atoms with E-state index >= 15 is 0 Å². The summed E-state index contributed by atoms with van der Waals surface area (Å²) in [6.07, 6.45) is 1.39. The third-order valence-corrected chi connectivity index (χ3v) is 6.35. The Morgan fingerprint density at radius 1 is 1.23 bits per heavy atom. The lowest BCUT2D eigenvalue weighted by Gasteiger charge is -2.23. The number of aliphatic hydroxyl groups is 1. The molecule has 0 radical (unpaired) electrons. The Hall–Kier alpha value is -2.72. The minimum Gasteiger partial charge on any atom is -0.491 e. The summed E-state index contributed by atoms with van der Waals surface area (Å²) in [5.41, 5.74) is 2.80. The highest BCUT2D eigenvalue weighted by atomic mass is 35.5. The first-order chi connectivity index (χ1) is 17.0. The van der Waals surface area contributed by atoms with Crippen LogP contribution >= 0.6 is 11.6 Å². The van der Waals surface area contributed by atoms with Gasteiger partial charge >= 0.3 is 0 Å². The molecule has 0 spiro atoms. The monoisotopic (exact) mass is 501 g/mol. The van der Waals surface area contributed by atoms with Crippen LogP contribution < -0.4 is 15.4 Å². The molecule has 3 N–H and O–H groups in total. The van der Waals surface area contributed by atoms with E-state index in [1.165, 1.54) is 0 Å². The number of likely N-dealkylation sites (N-methyl/N-ethyl adjacent to an activating group) is 1. The minimum absolute atomic E-state index is 0.175. The molecule has 10 heteroatoms. The van der Waals surface area contributed by atoms with Crippen molar-refractivity contribution in [2.75, 3.05) is 45.3 Å². The van der Waals surface area contributed by atoms with Crippen LogP contribution in [-0.2, 0) is 4.74 Å². The number of aliphatic hydroxyl groups excluding tert-OH is 1. The van der Waals surface area contributed by atoms with Crippen molar-refractivity contribution in [2.45, 2.75) is 32.8 Å². The number of anilines is 1. The number of aryl methyl sites for hydroxylation is 2. The van der Waals surface area contributed by atoms with Gasteiger partial charge < -0.3 is 29.7 Å². The summed E-state index contributed by atoms with van der Waals surface area (Å²) in [6.45, 7) is 6.62. The zero-order valence-corrected chi connectivity index (χ0v) is 21.1. The molecule has 4 rings (SSSR count). The fourth-order valence-electron chi connectivity index (χ4n) is 4.08. The van der Waals surface area contributed by atoms with Gasteiger partial charge in [-0.2, -0.15) is 0 Å².